The Kier molecular flexibility index (Phi) is 6.23. The van der Waals surface area contributed by atoms with Gasteiger partial charge in [0.25, 0.3) is 0 Å². The van der Waals surface area contributed by atoms with Crippen molar-refractivity contribution >= 4 is 5.91 Å². The van der Waals surface area contributed by atoms with Crippen molar-refractivity contribution in [2.75, 3.05) is 26.3 Å². The van der Waals surface area contributed by atoms with Crippen molar-refractivity contribution in [2.24, 2.45) is 5.41 Å². The van der Waals surface area contributed by atoms with Crippen LogP contribution in [0.25, 0.3) is 0 Å². The Morgan fingerprint density at radius 3 is 2.26 bits per heavy atom. The van der Waals surface area contributed by atoms with E-state index in [1.807, 2.05) is 6.92 Å². The van der Waals surface area contributed by atoms with E-state index in [2.05, 4.69) is 17.6 Å². The molecule has 0 aliphatic carbocycles. The Labute approximate surface area is 115 Å². The Balaban J connectivity index is 2.82. The molecular weight excluding hydrogens is 244 g/mol. The number of nitrogens with one attached hydrogen (secondary N) is 2. The van der Waals surface area contributed by atoms with E-state index in [1.54, 1.807) is 0 Å². The van der Waals surface area contributed by atoms with Gasteiger partial charge < -0.3 is 20.8 Å². The van der Waals surface area contributed by atoms with Crippen molar-refractivity contribution in [3.05, 3.63) is 0 Å². The largest absolute Gasteiger partial charge is 0.394 e. The molecule has 1 saturated heterocycles. The van der Waals surface area contributed by atoms with E-state index < -0.39 is 5.54 Å². The number of carbonyl (C=O) groups is 1. The summed E-state index contributed by atoms with van der Waals surface area (Å²) in [5, 5.41) is 25.1. The highest BCUT2D eigenvalue weighted by molar-refractivity contribution is 5.83. The highest BCUT2D eigenvalue weighted by Gasteiger charge is 2.41. The molecule has 4 N–H and O–H groups in total. The fraction of sp³-hybridized carbons (Fsp3) is 0.929. The first-order valence-electron chi connectivity index (χ1n) is 7.33. The van der Waals surface area contributed by atoms with Crippen LogP contribution in [0, 0.1) is 5.41 Å². The van der Waals surface area contributed by atoms with Crippen molar-refractivity contribution in [1.29, 1.82) is 0 Å². The van der Waals surface area contributed by atoms with Crippen LogP contribution in [0.2, 0.25) is 0 Å². The van der Waals surface area contributed by atoms with Crippen LogP contribution in [-0.4, -0.2) is 48.0 Å². The van der Waals surface area contributed by atoms with Gasteiger partial charge in [0.1, 0.15) is 0 Å². The molecule has 1 rings (SSSR count). The minimum absolute atomic E-state index is 0.0131. The fourth-order valence-corrected chi connectivity index (χ4v) is 2.79. The van der Waals surface area contributed by atoms with E-state index in [0.29, 0.717) is 6.42 Å². The molecule has 1 aliphatic rings. The van der Waals surface area contributed by atoms with Crippen molar-refractivity contribution in [3.63, 3.8) is 0 Å². The molecule has 5 heteroatoms. The van der Waals surface area contributed by atoms with Gasteiger partial charge >= 0.3 is 0 Å². The standard InChI is InChI=1S/C14H28N2O3/c1-3-5-13(6-8-15-9-7-13)12(19)16-14(4-2,10-17)11-18/h15,17-18H,3-11H2,1-2H3,(H,16,19). The number of hydrogen-bond donors (Lipinski definition) is 4. The molecule has 0 aromatic rings. The lowest BCUT2D eigenvalue weighted by atomic mass is 9.74. The maximum Gasteiger partial charge on any atom is 0.226 e. The molecule has 0 atom stereocenters. The summed E-state index contributed by atoms with van der Waals surface area (Å²) in [6, 6.07) is 0. The topological polar surface area (TPSA) is 81.6 Å². The summed E-state index contributed by atoms with van der Waals surface area (Å²) in [4.78, 5) is 12.6. The van der Waals surface area contributed by atoms with E-state index in [9.17, 15) is 15.0 Å². The molecule has 1 aliphatic heterocycles. The summed E-state index contributed by atoms with van der Waals surface area (Å²) < 4.78 is 0. The third-order valence-corrected chi connectivity index (χ3v) is 4.43. The summed E-state index contributed by atoms with van der Waals surface area (Å²) in [5.74, 6) is -0.0131. The summed E-state index contributed by atoms with van der Waals surface area (Å²) in [5.41, 5.74) is -1.23. The van der Waals surface area contributed by atoms with Crippen LogP contribution in [-0.2, 0) is 4.79 Å². The lowest BCUT2D eigenvalue weighted by Gasteiger charge is -2.40. The molecule has 5 nitrogen and oxygen atoms in total. The fourth-order valence-electron chi connectivity index (χ4n) is 2.79. The predicted molar refractivity (Wildman–Crippen MR) is 74.8 cm³/mol. The first-order valence-corrected chi connectivity index (χ1v) is 7.33. The van der Waals surface area contributed by atoms with Crippen molar-refractivity contribution in [1.82, 2.24) is 10.6 Å². The van der Waals surface area contributed by atoms with Gasteiger partial charge in [0.15, 0.2) is 0 Å². The van der Waals surface area contributed by atoms with Gasteiger partial charge in [-0.05, 0) is 38.8 Å². The average molecular weight is 272 g/mol. The molecular formula is C14H28N2O3. The van der Waals surface area contributed by atoms with Gasteiger partial charge in [-0.3, -0.25) is 4.79 Å². The molecule has 0 saturated carbocycles. The van der Waals surface area contributed by atoms with Gasteiger partial charge in [0.05, 0.1) is 24.2 Å². The Bertz CT molecular complexity index is 271. The molecule has 0 unspecified atom stereocenters. The third-order valence-electron chi connectivity index (χ3n) is 4.43. The molecule has 1 amide bonds. The van der Waals surface area contributed by atoms with E-state index in [4.69, 9.17) is 0 Å². The third kappa shape index (κ3) is 3.68. The summed E-state index contributed by atoms with van der Waals surface area (Å²) >= 11 is 0. The van der Waals surface area contributed by atoms with Crippen LogP contribution in [0.1, 0.15) is 46.0 Å². The van der Waals surface area contributed by atoms with Gasteiger partial charge in [-0.1, -0.05) is 20.3 Å². The zero-order valence-corrected chi connectivity index (χ0v) is 12.2. The van der Waals surface area contributed by atoms with Crippen molar-refractivity contribution < 1.29 is 15.0 Å². The minimum Gasteiger partial charge on any atom is -0.394 e. The maximum atomic E-state index is 12.6. The Morgan fingerprint density at radius 2 is 1.84 bits per heavy atom. The lowest BCUT2D eigenvalue weighted by Crippen LogP contribution is -2.59. The maximum absolute atomic E-state index is 12.6. The van der Waals surface area contributed by atoms with E-state index in [0.717, 1.165) is 38.8 Å². The first-order chi connectivity index (χ1) is 9.08. The van der Waals surface area contributed by atoms with E-state index in [-0.39, 0.29) is 24.5 Å². The molecule has 0 bridgehead atoms. The summed E-state index contributed by atoms with van der Waals surface area (Å²) in [6.07, 6.45) is 3.99. The van der Waals surface area contributed by atoms with Crippen LogP contribution in [0.5, 0.6) is 0 Å². The van der Waals surface area contributed by atoms with Gasteiger partial charge in [-0.25, -0.2) is 0 Å². The predicted octanol–water partition coefficient (Wildman–Crippen LogP) is 0.406. The molecule has 1 heterocycles. The SMILES string of the molecule is CCCC1(C(=O)NC(CC)(CO)CO)CCNCC1. The molecule has 19 heavy (non-hydrogen) atoms. The summed E-state index contributed by atoms with van der Waals surface area (Å²) in [7, 11) is 0. The number of aliphatic hydroxyl groups excluding tert-OH is 2. The quantitative estimate of drug-likeness (QED) is 0.541. The highest BCUT2D eigenvalue weighted by atomic mass is 16.3. The second kappa shape index (κ2) is 7.22. The number of aliphatic hydroxyl groups is 2. The van der Waals surface area contributed by atoms with Crippen LogP contribution in [0.15, 0.2) is 0 Å². The van der Waals surface area contributed by atoms with Gasteiger partial charge in [-0.15, -0.1) is 0 Å². The van der Waals surface area contributed by atoms with Crippen LogP contribution in [0.4, 0.5) is 0 Å². The second-order valence-electron chi connectivity index (χ2n) is 5.68. The number of amides is 1. The number of hydrogen-bond acceptors (Lipinski definition) is 4. The average Bonchev–Trinajstić information content (AvgIpc) is 2.46. The van der Waals surface area contributed by atoms with Crippen LogP contribution in [0.3, 0.4) is 0 Å². The zero-order valence-electron chi connectivity index (χ0n) is 12.2. The number of rotatable bonds is 7. The van der Waals surface area contributed by atoms with E-state index >= 15 is 0 Å². The Morgan fingerprint density at radius 1 is 1.26 bits per heavy atom. The van der Waals surface area contributed by atoms with Gasteiger partial charge in [0.2, 0.25) is 5.91 Å². The van der Waals surface area contributed by atoms with Crippen LogP contribution < -0.4 is 10.6 Å². The number of piperidine rings is 1. The zero-order chi connectivity index (χ0) is 14.4. The molecule has 0 spiro atoms. The molecule has 1 fully saturated rings. The summed E-state index contributed by atoms with van der Waals surface area (Å²) in [6.45, 7) is 5.19. The number of carbonyl (C=O) groups excluding carboxylic acids is 1. The van der Waals surface area contributed by atoms with Gasteiger partial charge in [-0.2, -0.15) is 0 Å². The van der Waals surface area contributed by atoms with E-state index in [1.165, 1.54) is 0 Å². The molecule has 0 aromatic carbocycles. The smallest absolute Gasteiger partial charge is 0.226 e. The van der Waals surface area contributed by atoms with Gasteiger partial charge in [0, 0.05) is 0 Å². The lowest BCUT2D eigenvalue weighted by molar-refractivity contribution is -0.136. The minimum atomic E-state index is -0.886. The first kappa shape index (κ1) is 16.4. The monoisotopic (exact) mass is 272 g/mol. The normalized spacial score (nSPS) is 19.2. The van der Waals surface area contributed by atoms with Crippen LogP contribution >= 0.6 is 0 Å². The Hall–Kier alpha value is -0.650. The molecule has 0 radical (unpaired) electrons. The molecule has 112 valence electrons. The second-order valence-corrected chi connectivity index (χ2v) is 5.68. The molecule has 0 aromatic heterocycles. The van der Waals surface area contributed by atoms with Crippen molar-refractivity contribution in [3.8, 4) is 0 Å². The highest BCUT2D eigenvalue weighted by Crippen LogP contribution is 2.35. The van der Waals surface area contributed by atoms with Crippen molar-refractivity contribution in [2.45, 2.75) is 51.5 Å².